The zero-order chi connectivity index (χ0) is 12.5. The smallest absolute Gasteiger partial charge is 0.184 e. The molecule has 90 valence electrons. The first-order valence-corrected chi connectivity index (χ1v) is 7.03. The number of thiazole rings is 1. The summed E-state index contributed by atoms with van der Waals surface area (Å²) in [7, 11) is 0. The molecule has 3 rings (SSSR count). The molecule has 0 N–H and O–H groups in total. The van der Waals surface area contributed by atoms with Crippen LogP contribution in [0.2, 0.25) is 0 Å². The number of fused-ring (bicyclic) bond motifs is 1. The third-order valence-corrected chi connectivity index (χ3v) is 4.11. The molecule has 2 heteroatoms. The second-order valence-corrected chi connectivity index (χ2v) is 5.70. The number of rotatable bonds is 2. The summed E-state index contributed by atoms with van der Waals surface area (Å²) < 4.78 is 3.69. The third-order valence-electron chi connectivity index (χ3n) is 3.17. The number of benzene rings is 2. The number of hydrogen-bond acceptors (Lipinski definition) is 1. The Labute approximate surface area is 111 Å². The molecule has 0 aliphatic rings. The monoisotopic (exact) mass is 254 g/mol. The minimum atomic E-state index is 0.949. The molecule has 1 nitrogen and oxygen atoms in total. The Kier molecular flexibility index (Phi) is 2.88. The number of nitrogens with zero attached hydrogens (tertiary/aromatic N) is 1. The van der Waals surface area contributed by atoms with E-state index in [1.165, 1.54) is 26.9 Å². The van der Waals surface area contributed by atoms with Gasteiger partial charge >= 0.3 is 0 Å². The molecule has 0 unspecified atom stereocenters. The van der Waals surface area contributed by atoms with Gasteiger partial charge in [0.25, 0.3) is 0 Å². The highest BCUT2D eigenvalue weighted by Crippen LogP contribution is 2.18. The summed E-state index contributed by atoms with van der Waals surface area (Å²) in [5.41, 5.74) is 7.55. The van der Waals surface area contributed by atoms with Crippen molar-refractivity contribution in [3.8, 4) is 0 Å². The second-order valence-electron chi connectivity index (χ2n) is 4.81. The summed E-state index contributed by atoms with van der Waals surface area (Å²) >= 11 is 1.81. The van der Waals surface area contributed by atoms with Crippen LogP contribution >= 0.6 is 11.3 Å². The second kappa shape index (κ2) is 4.54. The first-order valence-electron chi connectivity index (χ1n) is 6.15. The van der Waals surface area contributed by atoms with Crippen LogP contribution < -0.4 is 4.57 Å². The van der Waals surface area contributed by atoms with Gasteiger partial charge in [-0.25, -0.2) is 0 Å². The van der Waals surface area contributed by atoms with Crippen molar-refractivity contribution >= 4 is 21.6 Å². The summed E-state index contributed by atoms with van der Waals surface area (Å²) in [4.78, 5) is 0. The van der Waals surface area contributed by atoms with E-state index in [-0.39, 0.29) is 0 Å². The molecule has 0 bridgehead atoms. The first-order chi connectivity index (χ1) is 8.72. The standard InChI is InChI=1S/C16H16NS/c1-12-4-3-5-14(8-12)10-17-11-18-16-9-13(2)6-7-15(16)17/h3-9,11H,10H2,1-2H3/q+1. The lowest BCUT2D eigenvalue weighted by Crippen LogP contribution is -2.31. The van der Waals surface area contributed by atoms with Gasteiger partial charge in [0, 0.05) is 11.6 Å². The molecule has 18 heavy (non-hydrogen) atoms. The highest BCUT2D eigenvalue weighted by atomic mass is 32.1. The van der Waals surface area contributed by atoms with Crippen molar-refractivity contribution in [1.29, 1.82) is 0 Å². The van der Waals surface area contributed by atoms with E-state index >= 15 is 0 Å². The maximum atomic E-state index is 2.33. The van der Waals surface area contributed by atoms with Crippen LogP contribution in [0.1, 0.15) is 16.7 Å². The van der Waals surface area contributed by atoms with E-state index in [1.807, 2.05) is 11.3 Å². The van der Waals surface area contributed by atoms with Gasteiger partial charge in [-0.2, -0.15) is 4.57 Å². The predicted molar refractivity (Wildman–Crippen MR) is 77.0 cm³/mol. The minimum absolute atomic E-state index is 0.949. The Morgan fingerprint density at radius 2 is 1.83 bits per heavy atom. The normalized spacial score (nSPS) is 11.0. The lowest BCUT2D eigenvalue weighted by molar-refractivity contribution is -0.658. The summed E-state index contributed by atoms with van der Waals surface area (Å²) in [5, 5.41) is 0. The fourth-order valence-corrected chi connectivity index (χ4v) is 3.25. The number of aromatic nitrogens is 1. The molecule has 1 aromatic heterocycles. The van der Waals surface area contributed by atoms with E-state index in [1.54, 1.807) is 0 Å². The molecular formula is C16H16NS+. The van der Waals surface area contributed by atoms with Gasteiger partial charge in [0.2, 0.25) is 11.0 Å². The molecule has 0 saturated carbocycles. The minimum Gasteiger partial charge on any atom is -0.184 e. The van der Waals surface area contributed by atoms with E-state index in [9.17, 15) is 0 Å². The van der Waals surface area contributed by atoms with E-state index in [2.05, 4.69) is 66.4 Å². The van der Waals surface area contributed by atoms with Crippen LogP contribution in [0, 0.1) is 13.8 Å². The zero-order valence-electron chi connectivity index (χ0n) is 10.7. The van der Waals surface area contributed by atoms with Gasteiger partial charge in [-0.3, -0.25) is 0 Å². The van der Waals surface area contributed by atoms with Crippen molar-refractivity contribution < 1.29 is 4.57 Å². The van der Waals surface area contributed by atoms with Crippen molar-refractivity contribution in [3.05, 3.63) is 64.7 Å². The number of aryl methyl sites for hydroxylation is 2. The van der Waals surface area contributed by atoms with Crippen molar-refractivity contribution in [1.82, 2.24) is 0 Å². The van der Waals surface area contributed by atoms with Crippen LogP contribution in [-0.2, 0) is 6.54 Å². The molecule has 0 saturated heterocycles. The van der Waals surface area contributed by atoms with Crippen LogP contribution in [0.25, 0.3) is 10.2 Å². The van der Waals surface area contributed by atoms with Crippen LogP contribution in [-0.4, -0.2) is 0 Å². The SMILES string of the molecule is Cc1cccc(C[n+]2csc3cc(C)ccc32)c1. The van der Waals surface area contributed by atoms with Crippen LogP contribution in [0.5, 0.6) is 0 Å². The van der Waals surface area contributed by atoms with E-state index in [0.29, 0.717) is 0 Å². The predicted octanol–water partition coefficient (Wildman–Crippen LogP) is 3.85. The maximum absolute atomic E-state index is 2.33. The van der Waals surface area contributed by atoms with Gasteiger partial charge in [-0.1, -0.05) is 41.2 Å². The lowest BCUT2D eigenvalue weighted by Gasteiger charge is -1.98. The Hall–Kier alpha value is -1.67. The molecule has 0 spiro atoms. The molecule has 0 amide bonds. The van der Waals surface area contributed by atoms with Gasteiger partial charge < -0.3 is 0 Å². The van der Waals surface area contributed by atoms with Crippen molar-refractivity contribution in [2.45, 2.75) is 20.4 Å². The Morgan fingerprint density at radius 1 is 1.00 bits per heavy atom. The summed E-state index contributed by atoms with van der Waals surface area (Å²) in [5.74, 6) is 0. The van der Waals surface area contributed by atoms with Crippen molar-refractivity contribution in [3.63, 3.8) is 0 Å². The van der Waals surface area contributed by atoms with E-state index < -0.39 is 0 Å². The van der Waals surface area contributed by atoms with Crippen molar-refractivity contribution in [2.75, 3.05) is 0 Å². The van der Waals surface area contributed by atoms with Crippen LogP contribution in [0.3, 0.4) is 0 Å². The molecule has 0 aliphatic heterocycles. The molecule has 0 atom stereocenters. The third kappa shape index (κ3) is 2.16. The van der Waals surface area contributed by atoms with Gasteiger partial charge in [0.15, 0.2) is 6.54 Å². The van der Waals surface area contributed by atoms with Gasteiger partial charge in [0.1, 0.15) is 4.70 Å². The van der Waals surface area contributed by atoms with Gasteiger partial charge in [0.05, 0.1) is 0 Å². The lowest BCUT2D eigenvalue weighted by atomic mass is 10.1. The molecule has 0 fully saturated rings. The zero-order valence-corrected chi connectivity index (χ0v) is 11.5. The first kappa shape index (κ1) is 11.4. The van der Waals surface area contributed by atoms with Crippen LogP contribution in [0.4, 0.5) is 0 Å². The molecular weight excluding hydrogens is 238 g/mol. The Bertz CT molecular complexity index is 697. The molecule has 3 aromatic rings. The topological polar surface area (TPSA) is 3.88 Å². The fourth-order valence-electron chi connectivity index (χ4n) is 2.26. The van der Waals surface area contributed by atoms with Crippen LogP contribution in [0.15, 0.2) is 48.0 Å². The summed E-state index contributed by atoms with van der Waals surface area (Å²) in [6.45, 7) is 5.23. The molecule has 2 aromatic carbocycles. The van der Waals surface area contributed by atoms with Gasteiger partial charge in [-0.05, 0) is 31.5 Å². The Morgan fingerprint density at radius 3 is 2.67 bits per heavy atom. The van der Waals surface area contributed by atoms with E-state index in [0.717, 1.165) is 6.54 Å². The van der Waals surface area contributed by atoms with Gasteiger partial charge in [-0.15, -0.1) is 0 Å². The molecule has 0 aliphatic carbocycles. The largest absolute Gasteiger partial charge is 0.226 e. The molecule has 0 radical (unpaired) electrons. The summed E-state index contributed by atoms with van der Waals surface area (Å²) in [6, 6.07) is 15.4. The average molecular weight is 254 g/mol. The van der Waals surface area contributed by atoms with Crippen molar-refractivity contribution in [2.24, 2.45) is 0 Å². The molecule has 1 heterocycles. The summed E-state index contributed by atoms with van der Waals surface area (Å²) in [6.07, 6.45) is 0. The fraction of sp³-hybridized carbons (Fsp3) is 0.188. The Balaban J connectivity index is 2.00. The highest BCUT2D eigenvalue weighted by Gasteiger charge is 2.12. The average Bonchev–Trinajstić information content (AvgIpc) is 2.72. The maximum Gasteiger partial charge on any atom is 0.226 e. The number of hydrogen-bond donors (Lipinski definition) is 0. The quantitative estimate of drug-likeness (QED) is 0.612. The van der Waals surface area contributed by atoms with E-state index in [4.69, 9.17) is 0 Å². The highest BCUT2D eigenvalue weighted by molar-refractivity contribution is 7.16.